The molecule has 2 amide bonds. The highest BCUT2D eigenvalue weighted by Gasteiger charge is 2.15. The fourth-order valence-electron chi connectivity index (χ4n) is 2.61. The van der Waals surface area contributed by atoms with Crippen molar-refractivity contribution >= 4 is 16.1 Å². The van der Waals surface area contributed by atoms with Crippen LogP contribution in [0.15, 0.2) is 29.2 Å². The molecule has 0 unspecified atom stereocenters. The number of hydrogen-bond acceptors (Lipinski definition) is 3. The molecule has 122 valence electrons. The number of amides is 2. The van der Waals surface area contributed by atoms with Crippen LogP contribution in [-0.2, 0) is 16.6 Å². The minimum Gasteiger partial charge on any atom is -0.335 e. The van der Waals surface area contributed by atoms with Crippen LogP contribution in [0.25, 0.3) is 0 Å². The van der Waals surface area contributed by atoms with E-state index in [-0.39, 0.29) is 17.0 Å². The van der Waals surface area contributed by atoms with E-state index in [1.54, 1.807) is 18.2 Å². The molecule has 0 heterocycles. The van der Waals surface area contributed by atoms with Crippen molar-refractivity contribution in [2.75, 3.05) is 7.05 Å². The maximum absolute atomic E-state index is 11.9. The van der Waals surface area contributed by atoms with Gasteiger partial charge in [-0.3, -0.25) is 0 Å². The Hall–Kier alpha value is -1.60. The predicted molar refractivity (Wildman–Crippen MR) is 84.9 cm³/mol. The van der Waals surface area contributed by atoms with Crippen molar-refractivity contribution in [2.45, 2.75) is 49.6 Å². The largest absolute Gasteiger partial charge is 0.335 e. The van der Waals surface area contributed by atoms with E-state index in [1.807, 2.05) is 0 Å². The molecule has 1 saturated carbocycles. The zero-order valence-corrected chi connectivity index (χ0v) is 13.6. The first-order chi connectivity index (χ1) is 10.5. The monoisotopic (exact) mass is 325 g/mol. The van der Waals surface area contributed by atoms with Gasteiger partial charge in [-0.25, -0.2) is 17.9 Å². The SMILES string of the molecule is CNS(=O)(=O)c1cccc(CNC(=O)NC2CCCCC2)c1. The van der Waals surface area contributed by atoms with Gasteiger partial charge in [-0.2, -0.15) is 0 Å². The number of carbonyl (C=O) groups excluding carboxylic acids is 1. The fourth-order valence-corrected chi connectivity index (χ4v) is 3.41. The summed E-state index contributed by atoms with van der Waals surface area (Å²) in [7, 11) is -2.09. The van der Waals surface area contributed by atoms with Gasteiger partial charge in [0.15, 0.2) is 0 Å². The van der Waals surface area contributed by atoms with E-state index in [4.69, 9.17) is 0 Å². The van der Waals surface area contributed by atoms with Crippen molar-refractivity contribution in [3.05, 3.63) is 29.8 Å². The van der Waals surface area contributed by atoms with Crippen LogP contribution in [0.2, 0.25) is 0 Å². The highest BCUT2D eigenvalue weighted by molar-refractivity contribution is 7.89. The molecule has 0 aliphatic heterocycles. The van der Waals surface area contributed by atoms with E-state index in [0.29, 0.717) is 6.54 Å². The molecule has 0 bridgehead atoms. The first-order valence-corrected chi connectivity index (χ1v) is 9.06. The van der Waals surface area contributed by atoms with Crippen LogP contribution in [0, 0.1) is 0 Å². The zero-order chi connectivity index (χ0) is 16.0. The lowest BCUT2D eigenvalue weighted by Gasteiger charge is -2.22. The van der Waals surface area contributed by atoms with Crippen LogP contribution in [0.4, 0.5) is 4.79 Å². The third kappa shape index (κ3) is 4.71. The summed E-state index contributed by atoms with van der Waals surface area (Å²) in [4.78, 5) is 12.1. The quantitative estimate of drug-likeness (QED) is 0.770. The Morgan fingerprint density at radius 2 is 1.95 bits per heavy atom. The minimum atomic E-state index is -3.46. The van der Waals surface area contributed by atoms with Crippen molar-refractivity contribution in [1.29, 1.82) is 0 Å². The second-order valence-corrected chi connectivity index (χ2v) is 7.40. The molecule has 1 fully saturated rings. The molecule has 2 rings (SSSR count). The Morgan fingerprint density at radius 3 is 2.64 bits per heavy atom. The minimum absolute atomic E-state index is 0.196. The molecule has 0 radical (unpaired) electrons. The van der Waals surface area contributed by atoms with Gasteiger partial charge in [0.2, 0.25) is 10.0 Å². The van der Waals surface area contributed by atoms with Gasteiger partial charge in [0.05, 0.1) is 4.90 Å². The van der Waals surface area contributed by atoms with Crippen LogP contribution in [0.3, 0.4) is 0 Å². The van der Waals surface area contributed by atoms with E-state index in [0.717, 1.165) is 31.2 Å². The van der Waals surface area contributed by atoms with Crippen LogP contribution in [0.5, 0.6) is 0 Å². The van der Waals surface area contributed by atoms with E-state index >= 15 is 0 Å². The molecule has 1 aliphatic carbocycles. The maximum Gasteiger partial charge on any atom is 0.315 e. The summed E-state index contributed by atoms with van der Waals surface area (Å²) < 4.78 is 25.8. The van der Waals surface area contributed by atoms with Gasteiger partial charge < -0.3 is 10.6 Å². The summed E-state index contributed by atoms with van der Waals surface area (Å²) in [6.07, 6.45) is 5.63. The summed E-state index contributed by atoms with van der Waals surface area (Å²) >= 11 is 0. The van der Waals surface area contributed by atoms with Gasteiger partial charge in [0, 0.05) is 12.6 Å². The van der Waals surface area contributed by atoms with Crippen molar-refractivity contribution in [3.63, 3.8) is 0 Å². The van der Waals surface area contributed by atoms with Crippen LogP contribution < -0.4 is 15.4 Å². The normalized spacial score (nSPS) is 16.2. The number of rotatable bonds is 5. The van der Waals surface area contributed by atoms with Crippen molar-refractivity contribution < 1.29 is 13.2 Å². The lowest BCUT2D eigenvalue weighted by Crippen LogP contribution is -2.42. The van der Waals surface area contributed by atoms with Gasteiger partial charge in [-0.1, -0.05) is 31.4 Å². The van der Waals surface area contributed by atoms with Gasteiger partial charge in [0.1, 0.15) is 0 Å². The molecule has 0 atom stereocenters. The van der Waals surface area contributed by atoms with Crippen molar-refractivity contribution in [2.24, 2.45) is 0 Å². The van der Waals surface area contributed by atoms with Gasteiger partial charge in [0.25, 0.3) is 0 Å². The third-order valence-corrected chi connectivity index (χ3v) is 5.28. The number of sulfonamides is 1. The average Bonchev–Trinajstić information content (AvgIpc) is 2.54. The molecule has 22 heavy (non-hydrogen) atoms. The Balaban J connectivity index is 1.88. The molecule has 0 saturated heterocycles. The molecular weight excluding hydrogens is 302 g/mol. The highest BCUT2D eigenvalue weighted by atomic mass is 32.2. The zero-order valence-electron chi connectivity index (χ0n) is 12.8. The van der Waals surface area contributed by atoms with Crippen LogP contribution in [0.1, 0.15) is 37.7 Å². The molecule has 0 spiro atoms. The molecule has 6 nitrogen and oxygen atoms in total. The number of carbonyl (C=O) groups is 1. The number of nitrogens with one attached hydrogen (secondary N) is 3. The Bertz CT molecular complexity index is 610. The van der Waals surface area contributed by atoms with E-state index in [9.17, 15) is 13.2 Å². The fraction of sp³-hybridized carbons (Fsp3) is 0.533. The summed E-state index contributed by atoms with van der Waals surface area (Å²) in [5.74, 6) is 0. The van der Waals surface area contributed by atoms with Gasteiger partial charge in [-0.05, 0) is 37.6 Å². The highest BCUT2D eigenvalue weighted by Crippen LogP contribution is 2.17. The topological polar surface area (TPSA) is 87.3 Å². The molecule has 1 aromatic rings. The summed E-state index contributed by atoms with van der Waals surface area (Å²) in [5, 5.41) is 5.74. The van der Waals surface area contributed by atoms with E-state index in [2.05, 4.69) is 15.4 Å². The Kier molecular flexibility index (Phi) is 5.79. The lowest BCUT2D eigenvalue weighted by molar-refractivity contribution is 0.232. The maximum atomic E-state index is 11.9. The van der Waals surface area contributed by atoms with Crippen molar-refractivity contribution in [1.82, 2.24) is 15.4 Å². The predicted octanol–water partition coefficient (Wildman–Crippen LogP) is 1.73. The summed E-state index contributed by atoms with van der Waals surface area (Å²) in [6.45, 7) is 0.297. The van der Waals surface area contributed by atoms with Gasteiger partial charge >= 0.3 is 6.03 Å². The molecule has 1 aromatic carbocycles. The van der Waals surface area contributed by atoms with E-state index < -0.39 is 10.0 Å². The first-order valence-electron chi connectivity index (χ1n) is 7.58. The first kappa shape index (κ1) is 16.8. The molecule has 7 heteroatoms. The van der Waals surface area contributed by atoms with Gasteiger partial charge in [-0.15, -0.1) is 0 Å². The molecule has 0 aromatic heterocycles. The summed E-state index contributed by atoms with van der Waals surface area (Å²) in [6, 6.07) is 6.60. The molecule has 3 N–H and O–H groups in total. The Labute approximate surface area is 131 Å². The van der Waals surface area contributed by atoms with Crippen LogP contribution in [-0.4, -0.2) is 27.5 Å². The molecule has 1 aliphatic rings. The standard InChI is InChI=1S/C15H23N3O3S/c1-16-22(20,21)14-9-5-6-12(10-14)11-17-15(19)18-13-7-3-2-4-8-13/h5-6,9-10,13,16H,2-4,7-8,11H2,1H3,(H2,17,18,19). The van der Waals surface area contributed by atoms with E-state index in [1.165, 1.54) is 19.5 Å². The van der Waals surface area contributed by atoms with Crippen LogP contribution >= 0.6 is 0 Å². The number of benzene rings is 1. The second-order valence-electron chi connectivity index (χ2n) is 5.52. The molecular formula is C15H23N3O3S. The number of hydrogen-bond donors (Lipinski definition) is 3. The lowest BCUT2D eigenvalue weighted by atomic mass is 9.96. The summed E-state index contributed by atoms with van der Waals surface area (Å²) in [5.41, 5.74) is 0.745. The average molecular weight is 325 g/mol. The second kappa shape index (κ2) is 7.60. The van der Waals surface area contributed by atoms with Crippen molar-refractivity contribution in [3.8, 4) is 0 Å². The smallest absolute Gasteiger partial charge is 0.315 e. The number of urea groups is 1. The Morgan fingerprint density at radius 1 is 1.23 bits per heavy atom. The third-order valence-electron chi connectivity index (χ3n) is 3.87.